The van der Waals surface area contributed by atoms with Crippen LogP contribution in [0, 0.1) is 20.8 Å². The number of benzene rings is 1. The zero-order valence-electron chi connectivity index (χ0n) is 11.3. The molecule has 0 atom stereocenters. The summed E-state index contributed by atoms with van der Waals surface area (Å²) in [6, 6.07) is 9.29. The minimum absolute atomic E-state index is 0.224. The van der Waals surface area contributed by atoms with E-state index in [9.17, 15) is 4.79 Å². The number of nitrogens with two attached hydrogens (primary N) is 1. The lowest BCUT2D eigenvalue weighted by Gasteiger charge is -2.05. The highest BCUT2D eigenvalue weighted by Gasteiger charge is 2.00. The maximum atomic E-state index is 11.8. The van der Waals surface area contributed by atoms with Gasteiger partial charge in [0.25, 0.3) is 5.56 Å². The molecule has 0 amide bonds. The number of aryl methyl sites for hydroxylation is 3. The molecule has 0 aliphatic carbocycles. The van der Waals surface area contributed by atoms with Crippen molar-refractivity contribution in [3.05, 3.63) is 62.9 Å². The molecule has 0 radical (unpaired) electrons. The third-order valence-corrected chi connectivity index (χ3v) is 2.92. The van der Waals surface area contributed by atoms with E-state index in [1.807, 2.05) is 32.9 Å². The number of aromatic nitrogens is 1. The maximum Gasteiger partial charge on any atom is 0.273 e. The number of nitrogens with zero attached hydrogens (tertiary/aromatic N) is 2. The smallest absolute Gasteiger partial charge is 0.273 e. The van der Waals surface area contributed by atoms with Crippen molar-refractivity contribution in [1.82, 2.24) is 4.68 Å². The fourth-order valence-electron chi connectivity index (χ4n) is 1.93. The van der Waals surface area contributed by atoms with Crippen LogP contribution in [0.5, 0.6) is 0 Å². The van der Waals surface area contributed by atoms with Gasteiger partial charge in [-0.25, -0.2) is 0 Å². The first-order chi connectivity index (χ1) is 8.97. The van der Waals surface area contributed by atoms with Gasteiger partial charge in [0.2, 0.25) is 0 Å². The van der Waals surface area contributed by atoms with Crippen molar-refractivity contribution in [2.75, 3.05) is 5.73 Å². The van der Waals surface area contributed by atoms with E-state index in [0.29, 0.717) is 5.82 Å². The van der Waals surface area contributed by atoms with Crippen LogP contribution in [0.1, 0.15) is 22.3 Å². The zero-order valence-corrected chi connectivity index (χ0v) is 11.3. The molecule has 0 aliphatic heterocycles. The lowest BCUT2D eigenvalue weighted by Crippen LogP contribution is -2.19. The normalized spacial score (nSPS) is 11.1. The van der Waals surface area contributed by atoms with E-state index in [-0.39, 0.29) is 5.56 Å². The zero-order chi connectivity index (χ0) is 14.0. The van der Waals surface area contributed by atoms with E-state index in [1.54, 1.807) is 12.3 Å². The van der Waals surface area contributed by atoms with Gasteiger partial charge in [0.15, 0.2) is 0 Å². The van der Waals surface area contributed by atoms with Gasteiger partial charge in [-0.05, 0) is 43.5 Å². The second-order valence-corrected chi connectivity index (χ2v) is 4.71. The van der Waals surface area contributed by atoms with Crippen LogP contribution < -0.4 is 11.3 Å². The van der Waals surface area contributed by atoms with E-state index in [2.05, 4.69) is 11.2 Å². The molecule has 1 aromatic heterocycles. The van der Waals surface area contributed by atoms with Crippen molar-refractivity contribution in [3.63, 3.8) is 0 Å². The molecule has 4 nitrogen and oxygen atoms in total. The molecule has 2 aromatic rings. The molecule has 98 valence electrons. The Hall–Kier alpha value is -2.36. The number of hydrogen-bond acceptors (Lipinski definition) is 3. The molecule has 0 spiro atoms. The Morgan fingerprint density at radius 1 is 1.11 bits per heavy atom. The summed E-state index contributed by atoms with van der Waals surface area (Å²) in [5, 5.41) is 4.16. The molecule has 1 aromatic carbocycles. The SMILES string of the molecule is Cc1ccc(/C=N\n2c(N)cc(C)cc2=O)c(C)c1. The first-order valence-electron chi connectivity index (χ1n) is 6.08. The van der Waals surface area contributed by atoms with Gasteiger partial charge in [-0.15, -0.1) is 0 Å². The summed E-state index contributed by atoms with van der Waals surface area (Å²) >= 11 is 0. The van der Waals surface area contributed by atoms with Crippen molar-refractivity contribution in [2.45, 2.75) is 20.8 Å². The summed E-state index contributed by atoms with van der Waals surface area (Å²) < 4.78 is 1.20. The fourth-order valence-corrected chi connectivity index (χ4v) is 1.93. The summed E-state index contributed by atoms with van der Waals surface area (Å²) in [4.78, 5) is 11.8. The number of pyridine rings is 1. The molecule has 0 aliphatic rings. The molecule has 0 saturated carbocycles. The third kappa shape index (κ3) is 2.91. The minimum Gasteiger partial charge on any atom is -0.384 e. The van der Waals surface area contributed by atoms with Gasteiger partial charge in [0.05, 0.1) is 6.21 Å². The summed E-state index contributed by atoms with van der Waals surface area (Å²) in [7, 11) is 0. The van der Waals surface area contributed by atoms with Crippen molar-refractivity contribution in [3.8, 4) is 0 Å². The van der Waals surface area contributed by atoms with Gasteiger partial charge in [-0.1, -0.05) is 23.8 Å². The molecule has 19 heavy (non-hydrogen) atoms. The second-order valence-electron chi connectivity index (χ2n) is 4.71. The Morgan fingerprint density at radius 2 is 1.84 bits per heavy atom. The van der Waals surface area contributed by atoms with Crippen LogP contribution >= 0.6 is 0 Å². The number of rotatable bonds is 2. The monoisotopic (exact) mass is 255 g/mol. The van der Waals surface area contributed by atoms with Crippen molar-refractivity contribution in [2.24, 2.45) is 5.10 Å². The first-order valence-corrected chi connectivity index (χ1v) is 6.08. The van der Waals surface area contributed by atoms with Gasteiger partial charge in [-0.3, -0.25) is 4.79 Å². The predicted octanol–water partition coefficient (Wildman–Crippen LogP) is 2.24. The van der Waals surface area contributed by atoms with E-state index < -0.39 is 0 Å². The topological polar surface area (TPSA) is 60.4 Å². The molecule has 2 rings (SSSR count). The Bertz CT molecular complexity index is 699. The van der Waals surface area contributed by atoms with Crippen molar-refractivity contribution in [1.29, 1.82) is 0 Å². The van der Waals surface area contributed by atoms with E-state index >= 15 is 0 Å². The summed E-state index contributed by atoms with van der Waals surface area (Å²) in [6.07, 6.45) is 1.65. The van der Waals surface area contributed by atoms with Crippen LogP contribution in [0.3, 0.4) is 0 Å². The first kappa shape index (κ1) is 13.1. The highest BCUT2D eigenvalue weighted by atomic mass is 16.1. The molecule has 0 fully saturated rings. The third-order valence-electron chi connectivity index (χ3n) is 2.92. The molecule has 0 saturated heterocycles. The van der Waals surface area contributed by atoms with Crippen LogP contribution in [-0.2, 0) is 0 Å². The minimum atomic E-state index is -0.224. The van der Waals surface area contributed by atoms with Crippen LogP contribution in [0.4, 0.5) is 5.82 Å². The number of hydrogen-bond donors (Lipinski definition) is 1. The standard InChI is InChI=1S/C15H17N3O/c1-10-4-5-13(12(3)6-10)9-17-18-14(16)7-11(2)8-15(18)19/h4-9H,16H2,1-3H3/b17-9-. The molecular formula is C15H17N3O. The second kappa shape index (κ2) is 5.10. The van der Waals surface area contributed by atoms with Crippen molar-refractivity contribution < 1.29 is 0 Å². The Kier molecular flexibility index (Phi) is 3.51. The van der Waals surface area contributed by atoms with Crippen LogP contribution in [0.25, 0.3) is 0 Å². The van der Waals surface area contributed by atoms with E-state index in [4.69, 9.17) is 5.73 Å². The summed E-state index contributed by atoms with van der Waals surface area (Å²) in [6.45, 7) is 5.88. The van der Waals surface area contributed by atoms with Crippen LogP contribution in [-0.4, -0.2) is 10.9 Å². The van der Waals surface area contributed by atoms with E-state index in [0.717, 1.165) is 16.7 Å². The molecule has 0 unspecified atom stereocenters. The largest absolute Gasteiger partial charge is 0.384 e. The Balaban J connectivity index is 2.41. The van der Waals surface area contributed by atoms with Crippen LogP contribution in [0.15, 0.2) is 40.2 Å². The summed E-state index contributed by atoms with van der Waals surface area (Å²) in [5.41, 5.74) is 9.69. The predicted molar refractivity (Wildman–Crippen MR) is 78.8 cm³/mol. The average molecular weight is 255 g/mol. The van der Waals surface area contributed by atoms with Gasteiger partial charge < -0.3 is 5.73 Å². The maximum absolute atomic E-state index is 11.8. The Morgan fingerprint density at radius 3 is 2.47 bits per heavy atom. The quantitative estimate of drug-likeness (QED) is 0.836. The van der Waals surface area contributed by atoms with E-state index in [1.165, 1.54) is 16.3 Å². The molecule has 1 heterocycles. The van der Waals surface area contributed by atoms with Gasteiger partial charge in [0.1, 0.15) is 5.82 Å². The number of anilines is 1. The highest BCUT2D eigenvalue weighted by Crippen LogP contribution is 2.09. The van der Waals surface area contributed by atoms with Crippen LogP contribution in [0.2, 0.25) is 0 Å². The Labute approximate surface area is 112 Å². The van der Waals surface area contributed by atoms with Gasteiger partial charge in [0, 0.05) is 6.07 Å². The van der Waals surface area contributed by atoms with Gasteiger partial charge >= 0.3 is 0 Å². The lowest BCUT2D eigenvalue weighted by molar-refractivity contribution is 0.843. The molecule has 4 heteroatoms. The lowest BCUT2D eigenvalue weighted by atomic mass is 10.1. The number of nitrogen functional groups attached to an aromatic ring is 1. The summed E-state index contributed by atoms with van der Waals surface area (Å²) in [5.74, 6) is 0.339. The van der Waals surface area contributed by atoms with Crippen molar-refractivity contribution >= 4 is 12.0 Å². The molecular weight excluding hydrogens is 238 g/mol. The van der Waals surface area contributed by atoms with Gasteiger partial charge in [-0.2, -0.15) is 9.78 Å². The fraction of sp³-hybridized carbons (Fsp3) is 0.200. The molecule has 0 bridgehead atoms. The highest BCUT2D eigenvalue weighted by molar-refractivity contribution is 5.81. The molecule has 2 N–H and O–H groups in total. The average Bonchev–Trinajstić information content (AvgIpc) is 2.30.